The van der Waals surface area contributed by atoms with Crippen LogP contribution in [0.2, 0.25) is 0 Å². The predicted molar refractivity (Wildman–Crippen MR) is 233 cm³/mol. The Bertz CT molecular complexity index is 3440. The molecule has 11 aromatic rings. The van der Waals surface area contributed by atoms with Crippen LogP contribution in [-0.2, 0) is 0 Å². The minimum Gasteiger partial charge on any atom is -0.456 e. The first kappa shape index (κ1) is 31.6. The Balaban J connectivity index is 0.974. The molecular weight excluding hydrogens is 701 g/mol. The third-order valence-electron chi connectivity index (χ3n) is 11.2. The first-order chi connectivity index (χ1) is 28.2. The van der Waals surface area contributed by atoms with E-state index >= 15 is 0 Å². The standard InChI is InChI=1S/C51H31N4O2/c1-3-12-31(13-4-1)33-22-25-37-36-16-7-9-20-43(36)55(44(37)28-33)35-24-27-46-42(30-35)39-26-23-34(29-47(39)56-46)50-52-49(32-14-5-2-6-15-32)53-51(54-50)41-19-11-18-40-38-17-8-10-21-45(38)57-48(40)41/h1-30,51H/q-1. The van der Waals surface area contributed by atoms with Crippen LogP contribution in [0.1, 0.15) is 22.9 Å². The Morgan fingerprint density at radius 1 is 0.439 bits per heavy atom. The van der Waals surface area contributed by atoms with Crippen LogP contribution < -0.4 is 0 Å². The minimum atomic E-state index is -0.556. The van der Waals surface area contributed by atoms with Gasteiger partial charge in [-0.2, -0.15) is 0 Å². The van der Waals surface area contributed by atoms with Crippen molar-refractivity contribution < 1.29 is 8.83 Å². The molecule has 0 bridgehead atoms. The topological polar surface area (TPSA) is 70.0 Å². The minimum absolute atomic E-state index is 0.556. The van der Waals surface area contributed by atoms with Gasteiger partial charge in [0.05, 0.1) is 23.0 Å². The third-order valence-corrected chi connectivity index (χ3v) is 11.2. The third kappa shape index (κ3) is 5.04. The summed E-state index contributed by atoms with van der Waals surface area (Å²) in [6.07, 6.45) is -0.556. The monoisotopic (exact) mass is 731 g/mol. The fourth-order valence-electron chi connectivity index (χ4n) is 8.50. The molecule has 0 spiro atoms. The van der Waals surface area contributed by atoms with Gasteiger partial charge in [-0.25, -0.2) is 0 Å². The number of fused-ring (bicyclic) bond motifs is 9. The lowest BCUT2D eigenvalue weighted by molar-refractivity contribution is 0.658. The Morgan fingerprint density at radius 3 is 2.00 bits per heavy atom. The number of hydrogen-bond donors (Lipinski definition) is 0. The van der Waals surface area contributed by atoms with Gasteiger partial charge in [0.1, 0.15) is 22.3 Å². The number of rotatable bonds is 5. The van der Waals surface area contributed by atoms with Crippen molar-refractivity contribution in [1.82, 2.24) is 4.57 Å². The van der Waals surface area contributed by atoms with Gasteiger partial charge in [0.2, 0.25) is 0 Å². The van der Waals surface area contributed by atoms with Crippen molar-refractivity contribution in [3.63, 3.8) is 0 Å². The molecule has 12 rings (SSSR count). The van der Waals surface area contributed by atoms with Crippen LogP contribution >= 0.6 is 0 Å². The lowest BCUT2D eigenvalue weighted by Crippen LogP contribution is -2.16. The molecule has 3 aromatic heterocycles. The summed E-state index contributed by atoms with van der Waals surface area (Å²) in [6, 6.07) is 63.1. The molecule has 0 radical (unpaired) electrons. The van der Waals surface area contributed by atoms with Crippen LogP contribution in [0.5, 0.6) is 0 Å². The lowest BCUT2D eigenvalue weighted by atomic mass is 10.0. The molecule has 6 heteroatoms. The van der Waals surface area contributed by atoms with Crippen molar-refractivity contribution in [2.75, 3.05) is 0 Å². The number of aliphatic imine (C=N–C) groups is 2. The van der Waals surface area contributed by atoms with E-state index in [1.165, 1.54) is 21.9 Å². The summed E-state index contributed by atoms with van der Waals surface area (Å²) < 4.78 is 15.4. The molecule has 1 aliphatic rings. The van der Waals surface area contributed by atoms with Crippen LogP contribution in [0.4, 0.5) is 0 Å². The maximum absolute atomic E-state index is 6.57. The summed E-state index contributed by atoms with van der Waals surface area (Å²) in [4.78, 5) is 10.1. The summed E-state index contributed by atoms with van der Waals surface area (Å²) in [5.41, 5.74) is 11.6. The van der Waals surface area contributed by atoms with Crippen molar-refractivity contribution in [3.8, 4) is 16.8 Å². The van der Waals surface area contributed by atoms with Crippen molar-refractivity contribution in [2.24, 2.45) is 9.98 Å². The number of aromatic nitrogens is 1. The molecule has 268 valence electrons. The summed E-state index contributed by atoms with van der Waals surface area (Å²) in [5.74, 6) is 1.21. The van der Waals surface area contributed by atoms with Crippen LogP contribution in [-0.4, -0.2) is 16.2 Å². The Morgan fingerprint density at radius 2 is 1.12 bits per heavy atom. The predicted octanol–water partition coefficient (Wildman–Crippen LogP) is 13.5. The van der Waals surface area contributed by atoms with Gasteiger partial charge in [0, 0.05) is 43.6 Å². The molecule has 0 saturated carbocycles. The van der Waals surface area contributed by atoms with Crippen LogP contribution in [0.15, 0.2) is 201 Å². The van der Waals surface area contributed by atoms with Gasteiger partial charge in [-0.15, -0.1) is 0 Å². The number of amidine groups is 2. The quantitative estimate of drug-likeness (QED) is 0.177. The first-order valence-corrected chi connectivity index (χ1v) is 19.1. The lowest BCUT2D eigenvalue weighted by Gasteiger charge is -2.32. The summed E-state index contributed by atoms with van der Waals surface area (Å²) in [5, 5.41) is 11.8. The van der Waals surface area contributed by atoms with E-state index in [9.17, 15) is 0 Å². The van der Waals surface area contributed by atoms with Crippen LogP contribution in [0, 0.1) is 0 Å². The number of benzene rings is 8. The highest BCUT2D eigenvalue weighted by molar-refractivity contribution is 6.20. The van der Waals surface area contributed by atoms with Crippen molar-refractivity contribution in [1.29, 1.82) is 0 Å². The molecule has 0 aliphatic carbocycles. The van der Waals surface area contributed by atoms with E-state index < -0.39 is 6.17 Å². The highest BCUT2D eigenvalue weighted by Crippen LogP contribution is 2.41. The van der Waals surface area contributed by atoms with Crippen LogP contribution in [0.25, 0.3) is 87.8 Å². The van der Waals surface area contributed by atoms with Gasteiger partial charge in [0.15, 0.2) is 0 Å². The van der Waals surface area contributed by atoms with Crippen molar-refractivity contribution in [3.05, 3.63) is 204 Å². The van der Waals surface area contributed by atoms with Gasteiger partial charge in [0.25, 0.3) is 0 Å². The van der Waals surface area contributed by atoms with Crippen molar-refractivity contribution in [2.45, 2.75) is 6.17 Å². The Hall–Kier alpha value is -7.70. The van der Waals surface area contributed by atoms with Gasteiger partial charge in [-0.1, -0.05) is 139 Å². The second kappa shape index (κ2) is 12.4. The molecule has 4 heterocycles. The highest BCUT2D eigenvalue weighted by Gasteiger charge is 2.20. The maximum Gasteiger partial charge on any atom is 0.140 e. The molecule has 57 heavy (non-hydrogen) atoms. The first-order valence-electron chi connectivity index (χ1n) is 19.1. The van der Waals surface area contributed by atoms with Gasteiger partial charge in [-0.3, -0.25) is 4.99 Å². The van der Waals surface area contributed by atoms with Gasteiger partial charge < -0.3 is 23.7 Å². The number of para-hydroxylation sites is 3. The molecule has 0 saturated heterocycles. The fourth-order valence-corrected chi connectivity index (χ4v) is 8.50. The summed E-state index contributed by atoms with van der Waals surface area (Å²) in [7, 11) is 0. The molecule has 0 amide bonds. The SMILES string of the molecule is c1ccc(C2=NC(c3cccc4c3oc3ccccc34)[N-]C(c3ccc4c(c3)oc3ccc(-n5c6ccccc6c6ccc(-c7ccccc7)cc65)cc34)=N2)cc1. The highest BCUT2D eigenvalue weighted by atomic mass is 16.3. The van der Waals surface area contributed by atoms with E-state index in [0.717, 1.165) is 77.3 Å². The van der Waals surface area contributed by atoms with E-state index in [0.29, 0.717) is 11.7 Å². The second-order valence-electron chi connectivity index (χ2n) is 14.5. The molecule has 1 aliphatic heterocycles. The Labute approximate surface area is 326 Å². The molecule has 1 atom stereocenters. The summed E-state index contributed by atoms with van der Waals surface area (Å²) in [6.45, 7) is 0. The zero-order chi connectivity index (χ0) is 37.5. The van der Waals surface area contributed by atoms with E-state index in [1.807, 2.05) is 54.6 Å². The zero-order valence-corrected chi connectivity index (χ0v) is 30.5. The van der Waals surface area contributed by atoms with Gasteiger partial charge in [-0.05, 0) is 70.8 Å². The number of hydrogen-bond acceptors (Lipinski definition) is 4. The van der Waals surface area contributed by atoms with Gasteiger partial charge >= 0.3 is 0 Å². The average molecular weight is 732 g/mol. The molecule has 0 fully saturated rings. The van der Waals surface area contributed by atoms with Crippen molar-refractivity contribution >= 4 is 77.4 Å². The van der Waals surface area contributed by atoms with E-state index in [2.05, 4.69) is 132 Å². The van der Waals surface area contributed by atoms with E-state index in [1.54, 1.807) is 0 Å². The van der Waals surface area contributed by atoms with E-state index in [-0.39, 0.29) is 0 Å². The van der Waals surface area contributed by atoms with Crippen LogP contribution in [0.3, 0.4) is 0 Å². The molecule has 0 N–H and O–H groups in total. The summed E-state index contributed by atoms with van der Waals surface area (Å²) >= 11 is 0. The smallest absolute Gasteiger partial charge is 0.140 e. The Kier molecular flexibility index (Phi) is 6.89. The molecule has 1 unspecified atom stereocenters. The fraction of sp³-hybridized carbons (Fsp3) is 0.0196. The van der Waals surface area contributed by atoms with E-state index in [4.69, 9.17) is 24.1 Å². The zero-order valence-electron chi connectivity index (χ0n) is 30.5. The average Bonchev–Trinajstić information content (AvgIpc) is 3.95. The largest absolute Gasteiger partial charge is 0.456 e. The molecule has 6 nitrogen and oxygen atoms in total. The molecular formula is C51H31N4O2-. The number of furan rings is 2. The second-order valence-corrected chi connectivity index (χ2v) is 14.5. The maximum atomic E-state index is 6.57. The molecule has 8 aromatic carbocycles. The number of nitrogens with zero attached hydrogens (tertiary/aromatic N) is 4. The normalized spacial score (nSPS) is 14.5.